The van der Waals surface area contributed by atoms with E-state index < -0.39 is 7.12 Å². The van der Waals surface area contributed by atoms with Crippen molar-refractivity contribution in [2.45, 2.75) is 13.8 Å². The van der Waals surface area contributed by atoms with Crippen LogP contribution in [-0.2, 0) is 0 Å². The monoisotopic (exact) mass is 250 g/mol. The largest absolute Gasteiger partial charge is 0.490 e. The van der Waals surface area contributed by atoms with E-state index in [1.54, 1.807) is 6.07 Å². The van der Waals surface area contributed by atoms with Crippen LogP contribution in [0.2, 0.25) is 5.02 Å². The van der Waals surface area contributed by atoms with Crippen molar-refractivity contribution in [3.8, 4) is 5.82 Å². The first kappa shape index (κ1) is 12.2. The molecule has 2 N–H and O–H groups in total. The third-order valence-corrected chi connectivity index (χ3v) is 2.96. The lowest BCUT2D eigenvalue weighted by molar-refractivity contribution is 0.425. The first-order valence-corrected chi connectivity index (χ1v) is 5.55. The molecule has 0 unspecified atom stereocenters. The van der Waals surface area contributed by atoms with Crippen molar-refractivity contribution < 1.29 is 10.0 Å². The Balaban J connectivity index is 2.58. The van der Waals surface area contributed by atoms with E-state index in [-0.39, 0.29) is 10.5 Å². The second-order valence-corrected chi connectivity index (χ2v) is 4.30. The number of hydrogen-bond donors (Lipinski definition) is 2. The minimum absolute atomic E-state index is 0.242. The molecule has 2 aromatic heterocycles. The van der Waals surface area contributed by atoms with Gasteiger partial charge >= 0.3 is 7.12 Å². The molecule has 0 amide bonds. The zero-order chi connectivity index (χ0) is 12.6. The van der Waals surface area contributed by atoms with Gasteiger partial charge in [-0.25, -0.2) is 4.98 Å². The molecule has 0 spiro atoms. The Labute approximate surface area is 105 Å². The van der Waals surface area contributed by atoms with Gasteiger partial charge in [0, 0.05) is 23.0 Å². The highest BCUT2D eigenvalue weighted by Crippen LogP contribution is 2.15. The van der Waals surface area contributed by atoms with Gasteiger partial charge in [-0.1, -0.05) is 11.6 Å². The number of hydrogen-bond acceptors (Lipinski definition) is 3. The quantitative estimate of drug-likeness (QED) is 0.776. The Morgan fingerprint density at radius 2 is 1.82 bits per heavy atom. The molecule has 88 valence electrons. The lowest BCUT2D eigenvalue weighted by Gasteiger charge is -2.10. The molecule has 0 saturated carbocycles. The molecule has 0 bridgehead atoms. The maximum absolute atomic E-state index is 9.20. The van der Waals surface area contributed by atoms with Crippen molar-refractivity contribution in [2.75, 3.05) is 0 Å². The summed E-state index contributed by atoms with van der Waals surface area (Å²) in [6.45, 7) is 3.91. The lowest BCUT2D eigenvalue weighted by atomic mass is 9.81. The van der Waals surface area contributed by atoms with Crippen LogP contribution in [0.1, 0.15) is 11.4 Å². The van der Waals surface area contributed by atoms with E-state index in [4.69, 9.17) is 11.6 Å². The van der Waals surface area contributed by atoms with Crippen LogP contribution in [0.25, 0.3) is 5.82 Å². The second kappa shape index (κ2) is 4.53. The Hall–Kier alpha value is -1.30. The van der Waals surface area contributed by atoms with Gasteiger partial charge in [0.05, 0.1) is 5.02 Å². The van der Waals surface area contributed by atoms with Crippen molar-refractivity contribution in [2.24, 2.45) is 0 Å². The molecule has 0 fully saturated rings. The van der Waals surface area contributed by atoms with Crippen molar-refractivity contribution in [3.05, 3.63) is 40.8 Å². The van der Waals surface area contributed by atoms with E-state index in [2.05, 4.69) is 4.98 Å². The minimum atomic E-state index is -1.60. The zero-order valence-corrected chi connectivity index (χ0v) is 10.3. The molecule has 2 aromatic rings. The smallest absolute Gasteiger partial charge is 0.423 e. The number of nitrogens with zero attached hydrogens (tertiary/aromatic N) is 2. The SMILES string of the molecule is Cc1ccc(C)n1-c1cc(B(O)O)c(Cl)cn1. The fourth-order valence-corrected chi connectivity index (χ4v) is 1.99. The molecule has 2 heterocycles. The van der Waals surface area contributed by atoms with E-state index in [1.165, 1.54) is 6.20 Å². The van der Waals surface area contributed by atoms with E-state index in [0.29, 0.717) is 5.82 Å². The molecule has 0 aliphatic heterocycles. The summed E-state index contributed by atoms with van der Waals surface area (Å²) in [5.74, 6) is 0.623. The van der Waals surface area contributed by atoms with E-state index in [1.807, 2.05) is 30.5 Å². The topological polar surface area (TPSA) is 58.3 Å². The number of rotatable bonds is 2. The van der Waals surface area contributed by atoms with Crippen LogP contribution in [0, 0.1) is 13.8 Å². The van der Waals surface area contributed by atoms with Gasteiger partial charge in [0.1, 0.15) is 5.82 Å². The van der Waals surface area contributed by atoms with Gasteiger partial charge in [0.2, 0.25) is 0 Å². The Morgan fingerprint density at radius 3 is 2.35 bits per heavy atom. The predicted octanol–water partition coefficient (Wildman–Crippen LogP) is 0.822. The summed E-state index contributed by atoms with van der Waals surface area (Å²) in [4.78, 5) is 4.19. The fraction of sp³-hybridized carbons (Fsp3) is 0.182. The summed E-state index contributed by atoms with van der Waals surface area (Å²) < 4.78 is 1.92. The molecule has 0 aliphatic carbocycles. The maximum atomic E-state index is 9.20. The molecule has 0 atom stereocenters. The third-order valence-electron chi connectivity index (χ3n) is 2.65. The van der Waals surface area contributed by atoms with Crippen LogP contribution in [0.3, 0.4) is 0 Å². The summed E-state index contributed by atoms with van der Waals surface area (Å²) in [7, 11) is -1.60. The summed E-state index contributed by atoms with van der Waals surface area (Å²) in [6.07, 6.45) is 1.42. The maximum Gasteiger partial charge on any atom is 0.490 e. The molecule has 0 aliphatic rings. The molecular weight excluding hydrogens is 238 g/mol. The van der Waals surface area contributed by atoms with Crippen molar-refractivity contribution in [1.29, 1.82) is 0 Å². The van der Waals surface area contributed by atoms with Gasteiger partial charge in [-0.2, -0.15) is 0 Å². The van der Waals surface area contributed by atoms with Crippen molar-refractivity contribution in [1.82, 2.24) is 9.55 Å². The van der Waals surface area contributed by atoms with Gasteiger partial charge in [-0.15, -0.1) is 0 Å². The van der Waals surface area contributed by atoms with Gasteiger partial charge in [-0.05, 0) is 32.0 Å². The Kier molecular flexibility index (Phi) is 3.24. The van der Waals surface area contributed by atoms with Crippen LogP contribution in [0.5, 0.6) is 0 Å². The Bertz CT molecular complexity index is 535. The number of aryl methyl sites for hydroxylation is 2. The first-order valence-electron chi connectivity index (χ1n) is 5.17. The predicted molar refractivity (Wildman–Crippen MR) is 67.9 cm³/mol. The highest BCUT2D eigenvalue weighted by molar-refractivity contribution is 6.62. The minimum Gasteiger partial charge on any atom is -0.423 e. The number of aromatic nitrogens is 2. The summed E-state index contributed by atoms with van der Waals surface area (Å²) >= 11 is 5.84. The summed E-state index contributed by atoms with van der Waals surface area (Å²) in [5, 5.41) is 18.6. The Morgan fingerprint density at radius 1 is 1.24 bits per heavy atom. The molecule has 0 aromatic carbocycles. The average Bonchev–Trinajstić information content (AvgIpc) is 2.59. The second-order valence-electron chi connectivity index (χ2n) is 3.89. The highest BCUT2D eigenvalue weighted by atomic mass is 35.5. The highest BCUT2D eigenvalue weighted by Gasteiger charge is 2.17. The van der Waals surface area contributed by atoms with Gasteiger partial charge in [0.25, 0.3) is 0 Å². The van der Waals surface area contributed by atoms with Gasteiger partial charge in [0.15, 0.2) is 0 Å². The molecule has 6 heteroatoms. The first-order chi connectivity index (χ1) is 8.00. The molecule has 0 saturated heterocycles. The average molecular weight is 250 g/mol. The summed E-state index contributed by atoms with van der Waals surface area (Å²) in [6, 6.07) is 5.52. The van der Waals surface area contributed by atoms with Crippen LogP contribution in [-0.4, -0.2) is 26.7 Å². The zero-order valence-electron chi connectivity index (χ0n) is 9.55. The van der Waals surface area contributed by atoms with E-state index >= 15 is 0 Å². The van der Waals surface area contributed by atoms with Crippen molar-refractivity contribution >= 4 is 24.2 Å². The van der Waals surface area contributed by atoms with Gasteiger partial charge in [-0.3, -0.25) is 0 Å². The molecule has 0 radical (unpaired) electrons. The molecular formula is C11H12BClN2O2. The van der Waals surface area contributed by atoms with Crippen LogP contribution in [0.4, 0.5) is 0 Å². The lowest BCUT2D eigenvalue weighted by Crippen LogP contribution is -2.31. The summed E-state index contributed by atoms with van der Waals surface area (Å²) in [5.41, 5.74) is 2.30. The van der Waals surface area contributed by atoms with Gasteiger partial charge < -0.3 is 14.6 Å². The van der Waals surface area contributed by atoms with Crippen molar-refractivity contribution in [3.63, 3.8) is 0 Å². The van der Waals surface area contributed by atoms with E-state index in [9.17, 15) is 10.0 Å². The van der Waals surface area contributed by atoms with Crippen LogP contribution >= 0.6 is 11.6 Å². The standard InChI is InChI=1S/C11H12BClN2O2/c1-7-3-4-8(2)15(7)11-5-9(12(16)17)10(13)6-14-11/h3-6,16-17H,1-2H3. The van der Waals surface area contributed by atoms with Crippen LogP contribution < -0.4 is 5.46 Å². The molecule has 2 rings (SSSR count). The third kappa shape index (κ3) is 2.22. The fourth-order valence-electron chi connectivity index (χ4n) is 1.79. The normalized spacial score (nSPS) is 10.6. The van der Waals surface area contributed by atoms with Crippen LogP contribution in [0.15, 0.2) is 24.4 Å². The van der Waals surface area contributed by atoms with E-state index in [0.717, 1.165) is 11.4 Å². The molecule has 4 nitrogen and oxygen atoms in total. The number of halogens is 1. The number of pyridine rings is 1. The molecule has 17 heavy (non-hydrogen) atoms.